The number of hydrogen-bond acceptors (Lipinski definition) is 3. The van der Waals surface area contributed by atoms with Gasteiger partial charge in [-0.3, -0.25) is 10.0 Å². The summed E-state index contributed by atoms with van der Waals surface area (Å²) in [6.45, 7) is 4.19. The number of hydroxylamine groups is 1. The summed E-state index contributed by atoms with van der Waals surface area (Å²) in [5.74, 6) is -0.380. The molecule has 114 valence electrons. The molecule has 0 aliphatic carbocycles. The van der Waals surface area contributed by atoms with Gasteiger partial charge >= 0.3 is 0 Å². The zero-order valence-electron chi connectivity index (χ0n) is 12.2. The number of ether oxygens (including phenoxy) is 1. The van der Waals surface area contributed by atoms with Gasteiger partial charge in [0.25, 0.3) is 5.91 Å². The molecule has 0 fully saturated rings. The minimum atomic E-state index is -0.589. The standard InChI is InChI=1S/C18H19NO3/c1-2-3-12-22-16-11-7-10-15(13-16)17(18(20)19-21)14-8-5-4-6-9-14/h2,4-11,13,17,21H,1,3,12H2,(H,19,20). The van der Waals surface area contributed by atoms with Crippen molar-refractivity contribution in [1.29, 1.82) is 0 Å². The van der Waals surface area contributed by atoms with Crippen molar-refractivity contribution in [2.45, 2.75) is 12.3 Å². The Kier molecular flexibility index (Phi) is 5.74. The van der Waals surface area contributed by atoms with Crippen LogP contribution in [0.4, 0.5) is 0 Å². The van der Waals surface area contributed by atoms with E-state index in [-0.39, 0.29) is 0 Å². The summed E-state index contributed by atoms with van der Waals surface area (Å²) < 4.78 is 5.62. The molecule has 2 aromatic rings. The van der Waals surface area contributed by atoms with Gasteiger partial charge in [-0.2, -0.15) is 0 Å². The van der Waals surface area contributed by atoms with E-state index < -0.39 is 11.8 Å². The van der Waals surface area contributed by atoms with Crippen molar-refractivity contribution in [2.75, 3.05) is 6.61 Å². The van der Waals surface area contributed by atoms with Crippen LogP contribution in [-0.4, -0.2) is 17.7 Å². The van der Waals surface area contributed by atoms with E-state index in [0.717, 1.165) is 17.5 Å². The Bertz CT molecular complexity index is 625. The molecule has 0 aromatic heterocycles. The van der Waals surface area contributed by atoms with Gasteiger partial charge in [-0.25, -0.2) is 5.48 Å². The average molecular weight is 297 g/mol. The third-order valence-corrected chi connectivity index (χ3v) is 3.29. The van der Waals surface area contributed by atoms with Crippen molar-refractivity contribution in [2.24, 2.45) is 0 Å². The molecule has 4 heteroatoms. The molecule has 22 heavy (non-hydrogen) atoms. The van der Waals surface area contributed by atoms with Crippen molar-refractivity contribution in [3.8, 4) is 5.75 Å². The fourth-order valence-electron chi connectivity index (χ4n) is 2.25. The first-order valence-electron chi connectivity index (χ1n) is 7.09. The number of benzene rings is 2. The normalized spacial score (nSPS) is 11.5. The Balaban J connectivity index is 2.30. The van der Waals surface area contributed by atoms with E-state index in [4.69, 9.17) is 9.94 Å². The van der Waals surface area contributed by atoms with Gasteiger partial charge in [0.1, 0.15) is 5.75 Å². The molecule has 0 spiro atoms. The van der Waals surface area contributed by atoms with Gasteiger partial charge in [0, 0.05) is 0 Å². The number of carbonyl (C=O) groups is 1. The Morgan fingerprint density at radius 2 is 1.91 bits per heavy atom. The first-order valence-corrected chi connectivity index (χ1v) is 7.09. The van der Waals surface area contributed by atoms with Crippen LogP contribution >= 0.6 is 0 Å². The Hall–Kier alpha value is -2.59. The minimum absolute atomic E-state index is 0.477. The number of rotatable bonds is 7. The second kappa shape index (κ2) is 8.00. The molecule has 0 saturated carbocycles. The van der Waals surface area contributed by atoms with Crippen LogP contribution < -0.4 is 10.2 Å². The number of carbonyl (C=O) groups excluding carboxylic acids is 1. The topological polar surface area (TPSA) is 58.6 Å². The summed E-state index contributed by atoms with van der Waals surface area (Å²) in [6.07, 6.45) is 2.54. The van der Waals surface area contributed by atoms with E-state index in [2.05, 4.69) is 6.58 Å². The highest BCUT2D eigenvalue weighted by molar-refractivity contribution is 5.86. The molecular formula is C18H19NO3. The summed E-state index contributed by atoms with van der Waals surface area (Å²) in [5.41, 5.74) is 3.30. The quantitative estimate of drug-likeness (QED) is 0.357. The predicted octanol–water partition coefficient (Wildman–Crippen LogP) is 3.28. The lowest BCUT2D eigenvalue weighted by molar-refractivity contribution is -0.129. The van der Waals surface area contributed by atoms with Gasteiger partial charge in [0.05, 0.1) is 12.5 Å². The minimum Gasteiger partial charge on any atom is -0.493 e. The van der Waals surface area contributed by atoms with E-state index >= 15 is 0 Å². The van der Waals surface area contributed by atoms with Crippen LogP contribution in [0.2, 0.25) is 0 Å². The third kappa shape index (κ3) is 3.96. The lowest BCUT2D eigenvalue weighted by atomic mass is 9.90. The Morgan fingerprint density at radius 1 is 1.18 bits per heavy atom. The highest BCUT2D eigenvalue weighted by atomic mass is 16.5. The molecule has 4 nitrogen and oxygen atoms in total. The number of hydrogen-bond donors (Lipinski definition) is 2. The average Bonchev–Trinajstić information content (AvgIpc) is 2.56. The molecule has 0 radical (unpaired) electrons. The highest BCUT2D eigenvalue weighted by Crippen LogP contribution is 2.27. The molecular weight excluding hydrogens is 278 g/mol. The molecule has 1 unspecified atom stereocenters. The smallest absolute Gasteiger partial charge is 0.255 e. The van der Waals surface area contributed by atoms with Crippen LogP contribution in [0.3, 0.4) is 0 Å². The van der Waals surface area contributed by atoms with Gasteiger partial charge in [-0.1, -0.05) is 48.5 Å². The van der Waals surface area contributed by atoms with E-state index in [1.54, 1.807) is 11.6 Å². The zero-order valence-corrected chi connectivity index (χ0v) is 12.2. The van der Waals surface area contributed by atoms with Gasteiger partial charge in [-0.15, -0.1) is 6.58 Å². The fraction of sp³-hybridized carbons (Fsp3) is 0.167. The zero-order chi connectivity index (χ0) is 15.8. The first kappa shape index (κ1) is 15.8. The second-order valence-corrected chi connectivity index (χ2v) is 4.82. The maximum absolute atomic E-state index is 12.1. The molecule has 1 atom stereocenters. The van der Waals surface area contributed by atoms with Crippen molar-refractivity contribution >= 4 is 5.91 Å². The number of nitrogens with one attached hydrogen (secondary N) is 1. The van der Waals surface area contributed by atoms with Crippen molar-refractivity contribution in [1.82, 2.24) is 5.48 Å². The SMILES string of the molecule is C=CCCOc1cccc(C(C(=O)NO)c2ccccc2)c1. The van der Waals surface area contributed by atoms with Crippen molar-refractivity contribution in [3.05, 3.63) is 78.4 Å². The summed E-state index contributed by atoms with van der Waals surface area (Å²) >= 11 is 0. The monoisotopic (exact) mass is 297 g/mol. The predicted molar refractivity (Wildman–Crippen MR) is 85.0 cm³/mol. The van der Waals surface area contributed by atoms with Crippen LogP contribution in [0, 0.1) is 0 Å². The van der Waals surface area contributed by atoms with Crippen molar-refractivity contribution in [3.63, 3.8) is 0 Å². The molecule has 0 bridgehead atoms. The van der Waals surface area contributed by atoms with Crippen LogP contribution in [0.5, 0.6) is 5.75 Å². The highest BCUT2D eigenvalue weighted by Gasteiger charge is 2.22. The van der Waals surface area contributed by atoms with Crippen LogP contribution in [0.1, 0.15) is 23.5 Å². The van der Waals surface area contributed by atoms with Gasteiger partial charge < -0.3 is 4.74 Å². The summed E-state index contributed by atoms with van der Waals surface area (Å²) in [7, 11) is 0. The summed E-state index contributed by atoms with van der Waals surface area (Å²) in [4.78, 5) is 12.1. The molecule has 2 rings (SSSR count). The molecule has 2 aromatic carbocycles. The van der Waals surface area contributed by atoms with E-state index in [0.29, 0.717) is 12.4 Å². The molecule has 0 saturated heterocycles. The third-order valence-electron chi connectivity index (χ3n) is 3.29. The molecule has 0 aliphatic rings. The lowest BCUT2D eigenvalue weighted by Gasteiger charge is -2.17. The van der Waals surface area contributed by atoms with Crippen LogP contribution in [-0.2, 0) is 4.79 Å². The maximum atomic E-state index is 12.1. The maximum Gasteiger partial charge on any atom is 0.255 e. The lowest BCUT2D eigenvalue weighted by Crippen LogP contribution is -2.27. The largest absolute Gasteiger partial charge is 0.493 e. The molecule has 1 amide bonds. The Morgan fingerprint density at radius 3 is 2.59 bits per heavy atom. The van der Waals surface area contributed by atoms with Crippen molar-refractivity contribution < 1.29 is 14.7 Å². The van der Waals surface area contributed by atoms with E-state index in [1.165, 1.54) is 0 Å². The van der Waals surface area contributed by atoms with E-state index in [1.807, 2.05) is 54.6 Å². The van der Waals surface area contributed by atoms with Gasteiger partial charge in [-0.05, 0) is 29.7 Å². The van der Waals surface area contributed by atoms with Crippen LogP contribution in [0.25, 0.3) is 0 Å². The molecule has 0 aliphatic heterocycles. The molecule has 0 heterocycles. The van der Waals surface area contributed by atoms with Gasteiger partial charge in [0.15, 0.2) is 0 Å². The van der Waals surface area contributed by atoms with Gasteiger partial charge in [0.2, 0.25) is 0 Å². The second-order valence-electron chi connectivity index (χ2n) is 4.82. The fourth-order valence-corrected chi connectivity index (χ4v) is 2.25. The first-order chi connectivity index (χ1) is 10.8. The molecule has 2 N–H and O–H groups in total. The Labute approximate surface area is 130 Å². The van der Waals surface area contributed by atoms with E-state index in [9.17, 15) is 4.79 Å². The van der Waals surface area contributed by atoms with Crippen LogP contribution in [0.15, 0.2) is 67.3 Å². The summed E-state index contributed by atoms with van der Waals surface area (Å²) in [6, 6.07) is 16.6. The summed E-state index contributed by atoms with van der Waals surface area (Å²) in [5, 5.41) is 9.03. The number of amides is 1.